The van der Waals surface area contributed by atoms with Crippen LogP contribution in [0, 0.1) is 0 Å². The van der Waals surface area contributed by atoms with Gasteiger partial charge in [-0.2, -0.15) is 4.31 Å². The molecule has 2 aliphatic heterocycles. The molecule has 0 bridgehead atoms. The average molecular weight is 344 g/mol. The molecule has 2 aromatic rings. The van der Waals surface area contributed by atoms with E-state index < -0.39 is 10.0 Å². The highest BCUT2D eigenvalue weighted by Gasteiger charge is 2.34. The third kappa shape index (κ3) is 2.17. The van der Waals surface area contributed by atoms with Crippen molar-refractivity contribution in [2.24, 2.45) is 0 Å². The number of nitrogens with one attached hydrogen (secondary N) is 1. The van der Waals surface area contributed by atoms with Crippen molar-refractivity contribution in [2.75, 3.05) is 11.9 Å². The number of carbonyl (C=O) groups excluding carboxylic acids is 1. The molecule has 1 atom stereocenters. The van der Waals surface area contributed by atoms with Crippen molar-refractivity contribution in [2.45, 2.75) is 43.5 Å². The normalized spacial score (nSPS) is 21.2. The van der Waals surface area contributed by atoms with E-state index in [0.717, 1.165) is 25.7 Å². The Kier molecular flexibility index (Phi) is 3.62. The number of sulfonamides is 1. The second kappa shape index (κ2) is 5.57. The van der Waals surface area contributed by atoms with Gasteiger partial charge in [-0.1, -0.05) is 25.5 Å². The minimum atomic E-state index is -3.58. The summed E-state index contributed by atoms with van der Waals surface area (Å²) in [6.07, 6.45) is 3.71. The van der Waals surface area contributed by atoms with E-state index in [1.807, 2.05) is 6.92 Å². The molecule has 0 saturated carbocycles. The van der Waals surface area contributed by atoms with Crippen LogP contribution in [0.2, 0.25) is 0 Å². The molecule has 1 saturated heterocycles. The van der Waals surface area contributed by atoms with E-state index in [-0.39, 0.29) is 11.9 Å². The number of carbonyl (C=O) groups is 1. The van der Waals surface area contributed by atoms with Crippen LogP contribution in [0.5, 0.6) is 0 Å². The molecular formula is C18H20N2O3S. The van der Waals surface area contributed by atoms with Gasteiger partial charge in [0.25, 0.3) is 5.91 Å². The number of hydrogen-bond donors (Lipinski definition) is 1. The van der Waals surface area contributed by atoms with Crippen molar-refractivity contribution in [3.05, 3.63) is 35.9 Å². The molecule has 1 fully saturated rings. The summed E-state index contributed by atoms with van der Waals surface area (Å²) < 4.78 is 28.3. The highest BCUT2D eigenvalue weighted by atomic mass is 32.2. The largest absolute Gasteiger partial charge is 0.321 e. The second-order valence-corrected chi connectivity index (χ2v) is 8.33. The van der Waals surface area contributed by atoms with Gasteiger partial charge in [-0.15, -0.1) is 0 Å². The molecule has 1 N–H and O–H groups in total. The minimum Gasteiger partial charge on any atom is -0.321 e. The first-order valence-corrected chi connectivity index (χ1v) is 9.87. The topological polar surface area (TPSA) is 66.5 Å². The lowest BCUT2D eigenvalue weighted by molar-refractivity contribution is 0.103. The summed E-state index contributed by atoms with van der Waals surface area (Å²) in [4.78, 5) is 12.3. The number of nitrogens with zero attached hydrogens (tertiary/aromatic N) is 1. The van der Waals surface area contributed by atoms with Crippen LogP contribution in [-0.2, 0) is 10.0 Å². The van der Waals surface area contributed by atoms with E-state index in [0.29, 0.717) is 33.5 Å². The lowest BCUT2D eigenvalue weighted by Crippen LogP contribution is -2.43. The van der Waals surface area contributed by atoms with Crippen molar-refractivity contribution >= 4 is 32.4 Å². The lowest BCUT2D eigenvalue weighted by Gasteiger charge is -2.34. The molecule has 2 aliphatic rings. The Bertz CT molecular complexity index is 937. The predicted molar refractivity (Wildman–Crippen MR) is 93.7 cm³/mol. The van der Waals surface area contributed by atoms with Crippen molar-refractivity contribution in [3.63, 3.8) is 0 Å². The molecule has 4 rings (SSSR count). The highest BCUT2D eigenvalue weighted by Crippen LogP contribution is 2.38. The first-order valence-electron chi connectivity index (χ1n) is 8.43. The lowest BCUT2D eigenvalue weighted by atomic mass is 10.0. The fourth-order valence-electron chi connectivity index (χ4n) is 3.91. The third-order valence-corrected chi connectivity index (χ3v) is 7.13. The minimum absolute atomic E-state index is 0.0616. The maximum atomic E-state index is 13.3. The number of hydrogen-bond acceptors (Lipinski definition) is 3. The Hall–Kier alpha value is -1.92. The van der Waals surface area contributed by atoms with Gasteiger partial charge in [-0.05, 0) is 37.5 Å². The van der Waals surface area contributed by atoms with Gasteiger partial charge >= 0.3 is 0 Å². The number of amides is 1. The fourth-order valence-corrected chi connectivity index (χ4v) is 5.87. The van der Waals surface area contributed by atoms with Crippen LogP contribution in [0.25, 0.3) is 10.8 Å². The number of anilines is 1. The summed E-state index contributed by atoms with van der Waals surface area (Å²) in [5, 5.41) is 4.15. The van der Waals surface area contributed by atoms with Crippen LogP contribution in [0.3, 0.4) is 0 Å². The van der Waals surface area contributed by atoms with Crippen molar-refractivity contribution in [1.82, 2.24) is 4.31 Å². The summed E-state index contributed by atoms with van der Waals surface area (Å²) in [6.45, 7) is 2.61. The standard InChI is InChI=1S/C18H20N2O3S/c1-2-12-6-3-4-11-20(12)24(22,23)16-10-9-15-17-13(16)7-5-8-14(17)18(21)19-15/h5,7-10,12H,2-4,6,11H2,1H3,(H,19,21). The van der Waals surface area contributed by atoms with Gasteiger partial charge in [0, 0.05) is 34.6 Å². The molecule has 1 unspecified atom stereocenters. The molecular weight excluding hydrogens is 324 g/mol. The van der Waals surface area contributed by atoms with Crippen LogP contribution in [0.4, 0.5) is 5.69 Å². The molecule has 24 heavy (non-hydrogen) atoms. The van der Waals surface area contributed by atoms with Gasteiger partial charge in [0.2, 0.25) is 10.0 Å². The first-order chi connectivity index (χ1) is 11.5. The highest BCUT2D eigenvalue weighted by molar-refractivity contribution is 7.89. The van der Waals surface area contributed by atoms with E-state index >= 15 is 0 Å². The van der Waals surface area contributed by atoms with Crippen molar-refractivity contribution < 1.29 is 13.2 Å². The Morgan fingerprint density at radius 3 is 2.83 bits per heavy atom. The molecule has 0 spiro atoms. The fraction of sp³-hybridized carbons (Fsp3) is 0.389. The summed E-state index contributed by atoms with van der Waals surface area (Å²) in [6, 6.07) is 8.67. The summed E-state index contributed by atoms with van der Waals surface area (Å²) in [7, 11) is -3.58. The van der Waals surface area contributed by atoms with Gasteiger partial charge in [-0.25, -0.2) is 8.42 Å². The Labute approximate surface area is 141 Å². The van der Waals surface area contributed by atoms with Crippen LogP contribution >= 0.6 is 0 Å². The quantitative estimate of drug-likeness (QED) is 0.928. The molecule has 0 aliphatic carbocycles. The monoisotopic (exact) mass is 344 g/mol. The van der Waals surface area contributed by atoms with Crippen molar-refractivity contribution in [1.29, 1.82) is 0 Å². The number of piperidine rings is 1. The van der Waals surface area contributed by atoms with E-state index in [4.69, 9.17) is 0 Å². The maximum absolute atomic E-state index is 13.3. The zero-order valence-electron chi connectivity index (χ0n) is 13.6. The molecule has 6 heteroatoms. The SMILES string of the molecule is CCC1CCCCN1S(=O)(=O)c1ccc2c3c(cccc13)C(=O)N2. The Morgan fingerprint density at radius 1 is 1.21 bits per heavy atom. The Morgan fingerprint density at radius 2 is 2.04 bits per heavy atom. The van der Waals surface area contributed by atoms with Crippen LogP contribution in [-0.4, -0.2) is 31.2 Å². The van der Waals surface area contributed by atoms with Crippen molar-refractivity contribution in [3.8, 4) is 0 Å². The molecule has 2 aromatic carbocycles. The molecule has 0 radical (unpaired) electrons. The zero-order chi connectivity index (χ0) is 16.9. The average Bonchev–Trinajstić information content (AvgIpc) is 2.93. The summed E-state index contributed by atoms with van der Waals surface area (Å²) in [5.41, 5.74) is 1.24. The molecule has 0 aromatic heterocycles. The second-order valence-electron chi connectivity index (χ2n) is 6.47. The zero-order valence-corrected chi connectivity index (χ0v) is 14.4. The van der Waals surface area contributed by atoms with Crippen LogP contribution in [0.1, 0.15) is 43.0 Å². The van der Waals surface area contributed by atoms with E-state index in [1.54, 1.807) is 34.6 Å². The Balaban J connectivity index is 1.91. The first kappa shape index (κ1) is 15.6. The van der Waals surface area contributed by atoms with Gasteiger partial charge in [0.1, 0.15) is 0 Å². The summed E-state index contributed by atoms with van der Waals surface area (Å²) >= 11 is 0. The van der Waals surface area contributed by atoms with Crippen LogP contribution in [0.15, 0.2) is 35.2 Å². The molecule has 126 valence electrons. The van der Waals surface area contributed by atoms with E-state index in [9.17, 15) is 13.2 Å². The van der Waals surface area contributed by atoms with E-state index in [2.05, 4.69) is 5.32 Å². The van der Waals surface area contributed by atoms with Gasteiger partial charge < -0.3 is 5.32 Å². The smallest absolute Gasteiger partial charge is 0.256 e. The van der Waals surface area contributed by atoms with Gasteiger partial charge in [0.15, 0.2) is 0 Å². The van der Waals surface area contributed by atoms with Crippen LogP contribution < -0.4 is 5.32 Å². The predicted octanol–water partition coefficient (Wildman–Crippen LogP) is 3.36. The molecule has 2 heterocycles. The number of benzene rings is 2. The van der Waals surface area contributed by atoms with E-state index in [1.165, 1.54) is 0 Å². The summed E-state index contributed by atoms with van der Waals surface area (Å²) in [5.74, 6) is -0.172. The van der Waals surface area contributed by atoms with Gasteiger partial charge in [0.05, 0.1) is 4.90 Å². The number of rotatable bonds is 3. The third-order valence-electron chi connectivity index (χ3n) is 5.12. The molecule has 5 nitrogen and oxygen atoms in total. The molecule has 1 amide bonds. The maximum Gasteiger partial charge on any atom is 0.256 e. The van der Waals surface area contributed by atoms with Gasteiger partial charge in [-0.3, -0.25) is 4.79 Å².